The van der Waals surface area contributed by atoms with Gasteiger partial charge < -0.3 is 5.32 Å². The van der Waals surface area contributed by atoms with E-state index in [1.165, 1.54) is 10.7 Å². The van der Waals surface area contributed by atoms with Gasteiger partial charge in [-0.3, -0.25) is 9.48 Å². The van der Waals surface area contributed by atoms with Crippen LogP contribution in [0.2, 0.25) is 0 Å². The van der Waals surface area contributed by atoms with Gasteiger partial charge in [0.05, 0.1) is 11.7 Å². The van der Waals surface area contributed by atoms with Crippen molar-refractivity contribution in [3.8, 4) is 0 Å². The van der Waals surface area contributed by atoms with Gasteiger partial charge in [0.1, 0.15) is 5.69 Å². The average Bonchev–Trinajstić information content (AvgIpc) is 2.71. The molecule has 0 bridgehead atoms. The normalized spacial score (nSPS) is 12.2. The summed E-state index contributed by atoms with van der Waals surface area (Å²) in [7, 11) is 1.67. The topological polar surface area (TPSA) is 46.9 Å². The maximum atomic E-state index is 13.2. The molecule has 0 saturated carbocycles. The van der Waals surface area contributed by atoms with Gasteiger partial charge in [-0.25, -0.2) is 8.78 Å². The SMILES string of the molecule is Cc1cc(C(=O)NC(C)c2ccc(F)c(F)c2)n(C)n1. The highest BCUT2D eigenvalue weighted by Crippen LogP contribution is 2.16. The molecule has 2 rings (SSSR count). The summed E-state index contributed by atoms with van der Waals surface area (Å²) in [6, 6.07) is 4.79. The smallest absolute Gasteiger partial charge is 0.270 e. The van der Waals surface area contributed by atoms with E-state index in [4.69, 9.17) is 0 Å². The second kappa shape index (κ2) is 5.40. The lowest BCUT2D eigenvalue weighted by molar-refractivity contribution is 0.0930. The number of nitrogens with zero attached hydrogens (tertiary/aromatic N) is 2. The highest BCUT2D eigenvalue weighted by atomic mass is 19.2. The molecule has 4 nitrogen and oxygen atoms in total. The molecule has 1 amide bonds. The van der Waals surface area contributed by atoms with Crippen LogP contribution in [0.15, 0.2) is 24.3 Å². The second-order valence-electron chi connectivity index (χ2n) is 4.66. The molecule has 0 aliphatic heterocycles. The van der Waals surface area contributed by atoms with Gasteiger partial charge in [-0.1, -0.05) is 6.07 Å². The summed E-state index contributed by atoms with van der Waals surface area (Å²) in [5, 5.41) is 6.81. The summed E-state index contributed by atoms with van der Waals surface area (Å²) < 4.78 is 27.5. The maximum Gasteiger partial charge on any atom is 0.270 e. The summed E-state index contributed by atoms with van der Waals surface area (Å²) in [5.41, 5.74) is 1.64. The van der Waals surface area contributed by atoms with E-state index < -0.39 is 17.7 Å². The molecular weight excluding hydrogens is 264 g/mol. The largest absolute Gasteiger partial charge is 0.344 e. The van der Waals surface area contributed by atoms with E-state index >= 15 is 0 Å². The molecule has 1 aromatic carbocycles. The van der Waals surface area contributed by atoms with Gasteiger partial charge in [-0.15, -0.1) is 0 Å². The van der Waals surface area contributed by atoms with Crippen molar-refractivity contribution in [2.75, 3.05) is 0 Å². The number of aryl methyl sites for hydroxylation is 2. The molecular formula is C14H15F2N3O. The summed E-state index contributed by atoms with van der Waals surface area (Å²) in [6.07, 6.45) is 0. The first-order valence-electron chi connectivity index (χ1n) is 6.15. The minimum atomic E-state index is -0.931. The van der Waals surface area contributed by atoms with Crippen molar-refractivity contribution >= 4 is 5.91 Å². The Morgan fingerprint density at radius 3 is 2.55 bits per heavy atom. The van der Waals surface area contributed by atoms with Crippen LogP contribution in [0.25, 0.3) is 0 Å². The number of carbonyl (C=O) groups is 1. The van der Waals surface area contributed by atoms with Gasteiger partial charge in [0.25, 0.3) is 5.91 Å². The van der Waals surface area contributed by atoms with Crippen molar-refractivity contribution in [3.05, 3.63) is 52.9 Å². The molecule has 1 atom stereocenters. The van der Waals surface area contributed by atoms with Crippen LogP contribution in [0.3, 0.4) is 0 Å². The summed E-state index contributed by atoms with van der Waals surface area (Å²) in [6.45, 7) is 3.49. The first kappa shape index (κ1) is 14.2. The number of nitrogens with one attached hydrogen (secondary N) is 1. The third kappa shape index (κ3) is 2.84. The number of hydrogen-bond donors (Lipinski definition) is 1. The minimum absolute atomic E-state index is 0.315. The van der Waals surface area contributed by atoms with Crippen molar-refractivity contribution in [2.45, 2.75) is 19.9 Å². The Balaban J connectivity index is 2.14. The zero-order valence-corrected chi connectivity index (χ0v) is 11.4. The number of carbonyl (C=O) groups excluding carboxylic acids is 1. The van der Waals surface area contributed by atoms with Crippen molar-refractivity contribution in [2.24, 2.45) is 7.05 Å². The molecule has 0 saturated heterocycles. The van der Waals surface area contributed by atoms with Crippen LogP contribution in [0, 0.1) is 18.6 Å². The Hall–Kier alpha value is -2.24. The first-order chi connectivity index (χ1) is 9.38. The van der Waals surface area contributed by atoms with E-state index in [9.17, 15) is 13.6 Å². The zero-order chi connectivity index (χ0) is 14.9. The zero-order valence-electron chi connectivity index (χ0n) is 11.4. The third-order valence-electron chi connectivity index (χ3n) is 3.03. The maximum absolute atomic E-state index is 13.2. The molecule has 1 aromatic heterocycles. The quantitative estimate of drug-likeness (QED) is 0.938. The van der Waals surface area contributed by atoms with Gasteiger partial charge >= 0.3 is 0 Å². The lowest BCUT2D eigenvalue weighted by Gasteiger charge is -2.14. The molecule has 6 heteroatoms. The Kier molecular flexibility index (Phi) is 3.83. The Morgan fingerprint density at radius 1 is 1.30 bits per heavy atom. The molecule has 0 fully saturated rings. The minimum Gasteiger partial charge on any atom is -0.344 e. The number of rotatable bonds is 3. The fourth-order valence-corrected chi connectivity index (χ4v) is 1.96. The molecule has 1 heterocycles. The van der Waals surface area contributed by atoms with Gasteiger partial charge in [0.15, 0.2) is 11.6 Å². The van der Waals surface area contributed by atoms with E-state index in [0.717, 1.165) is 17.8 Å². The number of amides is 1. The molecule has 106 valence electrons. The van der Waals surface area contributed by atoms with Gasteiger partial charge in [0, 0.05) is 7.05 Å². The molecule has 0 aliphatic rings. The molecule has 2 aromatic rings. The molecule has 1 N–H and O–H groups in total. The Morgan fingerprint density at radius 2 is 2.00 bits per heavy atom. The summed E-state index contributed by atoms with van der Waals surface area (Å²) in [4.78, 5) is 12.1. The van der Waals surface area contributed by atoms with Crippen LogP contribution < -0.4 is 5.32 Å². The highest BCUT2D eigenvalue weighted by molar-refractivity contribution is 5.92. The van der Waals surface area contributed by atoms with Gasteiger partial charge in [-0.05, 0) is 37.6 Å². The van der Waals surface area contributed by atoms with Crippen molar-refractivity contribution in [1.29, 1.82) is 0 Å². The van der Waals surface area contributed by atoms with Gasteiger partial charge in [0.2, 0.25) is 0 Å². The number of aromatic nitrogens is 2. The predicted molar refractivity (Wildman–Crippen MR) is 70.2 cm³/mol. The van der Waals surface area contributed by atoms with Crippen LogP contribution in [0.5, 0.6) is 0 Å². The molecule has 20 heavy (non-hydrogen) atoms. The first-order valence-corrected chi connectivity index (χ1v) is 6.15. The molecule has 1 unspecified atom stereocenters. The average molecular weight is 279 g/mol. The van der Waals surface area contributed by atoms with Crippen molar-refractivity contribution in [1.82, 2.24) is 15.1 Å². The second-order valence-corrected chi connectivity index (χ2v) is 4.66. The van der Waals surface area contributed by atoms with Crippen molar-refractivity contribution < 1.29 is 13.6 Å². The van der Waals surface area contributed by atoms with E-state index in [1.807, 2.05) is 0 Å². The Labute approximate surface area is 115 Å². The van der Waals surface area contributed by atoms with Gasteiger partial charge in [-0.2, -0.15) is 5.10 Å². The van der Waals surface area contributed by atoms with Crippen LogP contribution in [0.1, 0.15) is 34.7 Å². The van der Waals surface area contributed by atoms with E-state index in [1.54, 1.807) is 27.0 Å². The van der Waals surface area contributed by atoms with Crippen LogP contribution in [-0.4, -0.2) is 15.7 Å². The van der Waals surface area contributed by atoms with E-state index in [2.05, 4.69) is 10.4 Å². The number of halogens is 2. The summed E-state index contributed by atoms with van der Waals surface area (Å²) in [5.74, 6) is -2.15. The number of benzene rings is 1. The molecule has 0 aliphatic carbocycles. The molecule has 0 radical (unpaired) electrons. The monoisotopic (exact) mass is 279 g/mol. The van der Waals surface area contributed by atoms with Crippen LogP contribution in [-0.2, 0) is 7.05 Å². The highest BCUT2D eigenvalue weighted by Gasteiger charge is 2.16. The number of hydrogen-bond acceptors (Lipinski definition) is 2. The Bertz CT molecular complexity index is 652. The van der Waals surface area contributed by atoms with Crippen molar-refractivity contribution in [3.63, 3.8) is 0 Å². The standard InChI is InChI=1S/C14H15F2N3O/c1-8-6-13(19(3)18-8)14(20)17-9(2)10-4-5-11(15)12(16)7-10/h4-7,9H,1-3H3,(H,17,20). The van der Waals surface area contributed by atoms with E-state index in [0.29, 0.717) is 11.3 Å². The van der Waals surface area contributed by atoms with Crippen LogP contribution in [0.4, 0.5) is 8.78 Å². The lowest BCUT2D eigenvalue weighted by Crippen LogP contribution is -2.28. The summed E-state index contributed by atoms with van der Waals surface area (Å²) >= 11 is 0. The fraction of sp³-hybridized carbons (Fsp3) is 0.286. The lowest BCUT2D eigenvalue weighted by atomic mass is 10.1. The fourth-order valence-electron chi connectivity index (χ4n) is 1.96. The third-order valence-corrected chi connectivity index (χ3v) is 3.03. The predicted octanol–water partition coefficient (Wildman–Crippen LogP) is 2.50. The van der Waals surface area contributed by atoms with Crippen LogP contribution >= 0.6 is 0 Å². The molecule has 0 spiro atoms. The van der Waals surface area contributed by atoms with E-state index in [-0.39, 0.29) is 5.91 Å².